The Morgan fingerprint density at radius 2 is 1.67 bits per heavy atom. The van der Waals surface area contributed by atoms with Gasteiger partial charge in [0, 0.05) is 23.6 Å². The molecule has 2 rings (SSSR count). The predicted molar refractivity (Wildman–Crippen MR) is 104 cm³/mol. The lowest BCUT2D eigenvalue weighted by molar-refractivity contribution is -0.121. The van der Waals surface area contributed by atoms with Crippen LogP contribution in [0.5, 0.6) is 23.0 Å². The highest BCUT2D eigenvalue weighted by molar-refractivity contribution is 6.30. The molecule has 146 valence electrons. The Bertz CT molecular complexity index is 749. The molecule has 2 aromatic carbocycles. The van der Waals surface area contributed by atoms with Crippen LogP contribution in [0.2, 0.25) is 5.02 Å². The van der Waals surface area contributed by atoms with Crippen molar-refractivity contribution in [3.05, 3.63) is 47.0 Å². The third-order valence-electron chi connectivity index (χ3n) is 3.89. The van der Waals surface area contributed by atoms with Gasteiger partial charge in [-0.3, -0.25) is 4.79 Å². The van der Waals surface area contributed by atoms with Crippen LogP contribution in [0.4, 0.5) is 0 Å². The summed E-state index contributed by atoms with van der Waals surface area (Å²) in [7, 11) is 4.66. The number of carbonyl (C=O) groups excluding carboxylic acids is 1. The predicted octanol–water partition coefficient (Wildman–Crippen LogP) is 3.84. The number of carbonyl (C=O) groups is 1. The third-order valence-corrected chi connectivity index (χ3v) is 4.14. The summed E-state index contributed by atoms with van der Waals surface area (Å²) in [6.45, 7) is 0.787. The van der Waals surface area contributed by atoms with Crippen LogP contribution in [0.25, 0.3) is 0 Å². The van der Waals surface area contributed by atoms with E-state index in [1.165, 1.54) is 0 Å². The van der Waals surface area contributed by atoms with Gasteiger partial charge in [0.05, 0.1) is 27.9 Å². The van der Waals surface area contributed by atoms with Crippen molar-refractivity contribution in [1.82, 2.24) is 5.32 Å². The lowest BCUT2D eigenvalue weighted by Gasteiger charge is -2.16. The van der Waals surface area contributed by atoms with Crippen molar-refractivity contribution in [2.24, 2.45) is 0 Å². The monoisotopic (exact) mass is 393 g/mol. The quantitative estimate of drug-likeness (QED) is 0.621. The van der Waals surface area contributed by atoms with E-state index in [4.69, 9.17) is 30.5 Å². The highest BCUT2D eigenvalue weighted by atomic mass is 35.5. The fourth-order valence-corrected chi connectivity index (χ4v) is 2.66. The Labute approximate surface area is 164 Å². The van der Waals surface area contributed by atoms with Gasteiger partial charge in [-0.25, -0.2) is 0 Å². The number of amides is 1. The molecule has 0 bridgehead atoms. The maximum absolute atomic E-state index is 12.1. The van der Waals surface area contributed by atoms with Crippen LogP contribution < -0.4 is 24.3 Å². The SMILES string of the molecule is COc1ccc(CNC(=O)CCCOc2ccc(Cl)cc2)c(OC)c1OC. The largest absolute Gasteiger partial charge is 0.494 e. The molecule has 6 nitrogen and oxygen atoms in total. The summed E-state index contributed by atoms with van der Waals surface area (Å²) in [5.74, 6) is 2.29. The molecule has 0 saturated heterocycles. The molecular weight excluding hydrogens is 370 g/mol. The zero-order chi connectivity index (χ0) is 19.6. The van der Waals surface area contributed by atoms with Crippen molar-refractivity contribution >= 4 is 17.5 Å². The normalized spacial score (nSPS) is 10.2. The minimum Gasteiger partial charge on any atom is -0.494 e. The minimum atomic E-state index is -0.0634. The molecule has 2 aromatic rings. The second-order valence-electron chi connectivity index (χ2n) is 5.68. The fraction of sp³-hybridized carbons (Fsp3) is 0.350. The first kappa shape index (κ1) is 20.7. The van der Waals surface area contributed by atoms with E-state index in [0.717, 1.165) is 11.3 Å². The Balaban J connectivity index is 1.80. The zero-order valence-corrected chi connectivity index (χ0v) is 16.5. The van der Waals surface area contributed by atoms with Crippen LogP contribution >= 0.6 is 11.6 Å². The highest BCUT2D eigenvalue weighted by Gasteiger charge is 2.16. The van der Waals surface area contributed by atoms with Gasteiger partial charge in [0.1, 0.15) is 5.75 Å². The summed E-state index contributed by atoms with van der Waals surface area (Å²) >= 11 is 5.83. The standard InChI is InChI=1S/C20H24ClNO5/c1-24-17-11-6-14(19(25-2)20(17)26-3)13-22-18(23)5-4-12-27-16-9-7-15(21)8-10-16/h6-11H,4-5,12-13H2,1-3H3,(H,22,23). The van der Waals surface area contributed by atoms with Crippen LogP contribution in [0.3, 0.4) is 0 Å². The first-order valence-corrected chi connectivity index (χ1v) is 8.89. The maximum atomic E-state index is 12.1. The Hall–Kier alpha value is -2.60. The number of hydrogen-bond donors (Lipinski definition) is 1. The zero-order valence-electron chi connectivity index (χ0n) is 15.7. The third kappa shape index (κ3) is 5.96. The van der Waals surface area contributed by atoms with E-state index in [0.29, 0.717) is 48.3 Å². The number of ether oxygens (including phenoxy) is 4. The van der Waals surface area contributed by atoms with Gasteiger partial charge in [-0.15, -0.1) is 0 Å². The summed E-state index contributed by atoms with van der Waals surface area (Å²) in [5.41, 5.74) is 0.806. The fourth-order valence-electron chi connectivity index (χ4n) is 2.54. The van der Waals surface area contributed by atoms with Gasteiger partial charge < -0.3 is 24.3 Å². The van der Waals surface area contributed by atoms with E-state index in [1.807, 2.05) is 6.07 Å². The molecular formula is C20H24ClNO5. The lowest BCUT2D eigenvalue weighted by atomic mass is 10.1. The van der Waals surface area contributed by atoms with Crippen molar-refractivity contribution in [2.45, 2.75) is 19.4 Å². The van der Waals surface area contributed by atoms with Crippen LogP contribution in [-0.2, 0) is 11.3 Å². The van der Waals surface area contributed by atoms with Gasteiger partial charge in [0.2, 0.25) is 11.7 Å². The summed E-state index contributed by atoms with van der Waals surface area (Å²) < 4.78 is 21.6. The Morgan fingerprint density at radius 1 is 0.963 bits per heavy atom. The van der Waals surface area contributed by atoms with E-state index in [1.54, 1.807) is 51.7 Å². The van der Waals surface area contributed by atoms with Crippen molar-refractivity contribution in [1.29, 1.82) is 0 Å². The molecule has 0 fully saturated rings. The number of halogens is 1. The molecule has 0 aliphatic carbocycles. The van der Waals surface area contributed by atoms with E-state index in [9.17, 15) is 4.79 Å². The second kappa shape index (κ2) is 10.5. The van der Waals surface area contributed by atoms with Gasteiger partial charge in [-0.1, -0.05) is 11.6 Å². The summed E-state index contributed by atoms with van der Waals surface area (Å²) in [5, 5.41) is 3.54. The molecule has 0 spiro atoms. The van der Waals surface area contributed by atoms with Crippen molar-refractivity contribution in [3.63, 3.8) is 0 Å². The molecule has 0 aromatic heterocycles. The molecule has 0 radical (unpaired) electrons. The van der Waals surface area contributed by atoms with Crippen molar-refractivity contribution in [3.8, 4) is 23.0 Å². The van der Waals surface area contributed by atoms with Crippen LogP contribution in [0.1, 0.15) is 18.4 Å². The molecule has 7 heteroatoms. The molecule has 0 saturated carbocycles. The smallest absolute Gasteiger partial charge is 0.220 e. The number of hydrogen-bond acceptors (Lipinski definition) is 5. The Kier molecular flexibility index (Phi) is 8.07. The van der Waals surface area contributed by atoms with Crippen LogP contribution in [0.15, 0.2) is 36.4 Å². The van der Waals surface area contributed by atoms with Crippen LogP contribution in [0, 0.1) is 0 Å². The summed E-state index contributed by atoms with van der Waals surface area (Å²) in [6, 6.07) is 10.7. The summed E-state index contributed by atoms with van der Waals surface area (Å²) in [6.07, 6.45) is 0.973. The molecule has 0 atom stereocenters. The first-order chi connectivity index (χ1) is 13.1. The van der Waals surface area contributed by atoms with Gasteiger partial charge in [-0.2, -0.15) is 0 Å². The number of benzene rings is 2. The average molecular weight is 394 g/mol. The maximum Gasteiger partial charge on any atom is 0.220 e. The van der Waals surface area contributed by atoms with Crippen molar-refractivity contribution < 1.29 is 23.7 Å². The van der Waals surface area contributed by atoms with Crippen molar-refractivity contribution in [2.75, 3.05) is 27.9 Å². The van der Waals surface area contributed by atoms with Gasteiger partial charge in [0.25, 0.3) is 0 Å². The van der Waals surface area contributed by atoms with E-state index < -0.39 is 0 Å². The van der Waals surface area contributed by atoms with Gasteiger partial charge in [-0.05, 0) is 42.8 Å². The van der Waals surface area contributed by atoms with E-state index in [2.05, 4.69) is 5.32 Å². The first-order valence-electron chi connectivity index (χ1n) is 8.52. The van der Waals surface area contributed by atoms with Gasteiger partial charge in [0.15, 0.2) is 11.5 Å². The molecule has 0 aliphatic rings. The van der Waals surface area contributed by atoms with Crippen LogP contribution in [-0.4, -0.2) is 33.8 Å². The molecule has 0 unspecified atom stereocenters. The lowest BCUT2D eigenvalue weighted by Crippen LogP contribution is -2.23. The summed E-state index contributed by atoms with van der Waals surface area (Å²) in [4.78, 5) is 12.1. The molecule has 27 heavy (non-hydrogen) atoms. The minimum absolute atomic E-state index is 0.0634. The number of methoxy groups -OCH3 is 3. The van der Waals surface area contributed by atoms with Gasteiger partial charge >= 0.3 is 0 Å². The molecule has 0 heterocycles. The number of rotatable bonds is 10. The van der Waals surface area contributed by atoms with E-state index in [-0.39, 0.29) is 5.91 Å². The molecule has 0 aliphatic heterocycles. The second-order valence-corrected chi connectivity index (χ2v) is 6.11. The number of nitrogens with one attached hydrogen (secondary N) is 1. The van der Waals surface area contributed by atoms with E-state index >= 15 is 0 Å². The molecule has 1 amide bonds. The topological polar surface area (TPSA) is 66.0 Å². The molecule has 1 N–H and O–H groups in total. The average Bonchev–Trinajstić information content (AvgIpc) is 2.69. The Morgan fingerprint density at radius 3 is 2.30 bits per heavy atom. The highest BCUT2D eigenvalue weighted by Crippen LogP contribution is 2.39.